The third kappa shape index (κ3) is 6.05. The van der Waals surface area contributed by atoms with Gasteiger partial charge in [-0.15, -0.1) is 0 Å². The van der Waals surface area contributed by atoms with E-state index in [9.17, 15) is 5.11 Å². The number of hydrogen-bond acceptors (Lipinski definition) is 5. The van der Waals surface area contributed by atoms with Gasteiger partial charge in [-0.2, -0.15) is 0 Å². The van der Waals surface area contributed by atoms with Crippen LogP contribution in [0.3, 0.4) is 0 Å². The maximum absolute atomic E-state index is 10.3. The Morgan fingerprint density at radius 1 is 1.00 bits per heavy atom. The van der Waals surface area contributed by atoms with E-state index in [1.165, 1.54) is 0 Å². The second-order valence-electron chi connectivity index (χ2n) is 5.95. The van der Waals surface area contributed by atoms with Crippen LogP contribution in [0.1, 0.15) is 17.2 Å². The van der Waals surface area contributed by atoms with Crippen molar-refractivity contribution in [2.24, 2.45) is 0 Å². The fourth-order valence-electron chi connectivity index (χ4n) is 2.62. The fourth-order valence-corrected chi connectivity index (χ4v) is 2.62. The monoisotopic (exact) mass is 345 g/mol. The first-order chi connectivity index (χ1) is 12.1. The lowest BCUT2D eigenvalue weighted by Gasteiger charge is -2.21. The van der Waals surface area contributed by atoms with Crippen LogP contribution in [0.5, 0.6) is 11.5 Å². The highest BCUT2D eigenvalue weighted by Gasteiger charge is 2.12. The van der Waals surface area contributed by atoms with Crippen LogP contribution < -0.4 is 9.47 Å². The lowest BCUT2D eigenvalue weighted by molar-refractivity contribution is 0.123. The minimum Gasteiger partial charge on any atom is -0.493 e. The lowest BCUT2D eigenvalue weighted by atomic mass is 10.1. The highest BCUT2D eigenvalue weighted by Crippen LogP contribution is 2.28. The molecule has 0 aliphatic rings. The Kier molecular flexibility index (Phi) is 7.73. The first kappa shape index (κ1) is 19.2. The predicted molar refractivity (Wildman–Crippen MR) is 98.1 cm³/mol. The molecule has 5 heteroatoms. The first-order valence-electron chi connectivity index (χ1n) is 8.34. The van der Waals surface area contributed by atoms with Gasteiger partial charge < -0.3 is 19.3 Å². The SMILES string of the molecule is COCCOc1cc(CN(C)C[C@@H](O)c2ccccc2)ccc1OC. The highest BCUT2D eigenvalue weighted by molar-refractivity contribution is 5.43. The van der Waals surface area contributed by atoms with Gasteiger partial charge in [0.1, 0.15) is 6.61 Å². The summed E-state index contributed by atoms with van der Waals surface area (Å²) in [6.45, 7) is 2.25. The molecule has 0 aliphatic heterocycles. The number of nitrogens with zero attached hydrogens (tertiary/aromatic N) is 1. The van der Waals surface area contributed by atoms with Crippen molar-refractivity contribution < 1.29 is 19.3 Å². The van der Waals surface area contributed by atoms with Crippen molar-refractivity contribution in [1.29, 1.82) is 0 Å². The van der Waals surface area contributed by atoms with E-state index in [1.807, 2.05) is 55.6 Å². The molecule has 0 aromatic heterocycles. The summed E-state index contributed by atoms with van der Waals surface area (Å²) < 4.78 is 16.1. The van der Waals surface area contributed by atoms with Crippen molar-refractivity contribution >= 4 is 0 Å². The average Bonchev–Trinajstić information content (AvgIpc) is 2.63. The maximum Gasteiger partial charge on any atom is 0.161 e. The number of hydrogen-bond donors (Lipinski definition) is 1. The number of rotatable bonds is 10. The third-order valence-corrected chi connectivity index (χ3v) is 3.89. The van der Waals surface area contributed by atoms with Crippen molar-refractivity contribution in [2.75, 3.05) is 41.0 Å². The summed E-state index contributed by atoms with van der Waals surface area (Å²) in [5, 5.41) is 10.3. The highest BCUT2D eigenvalue weighted by atomic mass is 16.5. The number of aliphatic hydroxyl groups excluding tert-OH is 1. The zero-order valence-corrected chi connectivity index (χ0v) is 15.1. The Morgan fingerprint density at radius 2 is 1.76 bits per heavy atom. The van der Waals surface area contributed by atoms with E-state index in [2.05, 4.69) is 4.90 Å². The molecule has 0 fully saturated rings. The van der Waals surface area contributed by atoms with Gasteiger partial charge in [-0.05, 0) is 30.3 Å². The molecule has 0 bridgehead atoms. The van der Waals surface area contributed by atoms with Crippen LogP contribution >= 0.6 is 0 Å². The van der Waals surface area contributed by atoms with Crippen LogP contribution in [0.25, 0.3) is 0 Å². The summed E-state index contributed by atoms with van der Waals surface area (Å²) in [4.78, 5) is 2.08. The van der Waals surface area contributed by atoms with Crippen molar-refractivity contribution in [3.63, 3.8) is 0 Å². The molecule has 2 aromatic carbocycles. The quantitative estimate of drug-likeness (QED) is 0.671. The smallest absolute Gasteiger partial charge is 0.161 e. The normalized spacial score (nSPS) is 12.2. The van der Waals surface area contributed by atoms with Gasteiger partial charge in [-0.3, -0.25) is 4.90 Å². The van der Waals surface area contributed by atoms with Crippen LogP contribution in [0.15, 0.2) is 48.5 Å². The van der Waals surface area contributed by atoms with Crippen LogP contribution in [0, 0.1) is 0 Å². The van der Waals surface area contributed by atoms with E-state index >= 15 is 0 Å². The molecule has 25 heavy (non-hydrogen) atoms. The van der Waals surface area contributed by atoms with Gasteiger partial charge >= 0.3 is 0 Å². The first-order valence-corrected chi connectivity index (χ1v) is 8.34. The van der Waals surface area contributed by atoms with Gasteiger partial charge in [0.05, 0.1) is 19.8 Å². The summed E-state index contributed by atoms with van der Waals surface area (Å²) in [5.74, 6) is 1.40. The Balaban J connectivity index is 1.97. The van der Waals surface area contributed by atoms with Gasteiger partial charge in [-0.25, -0.2) is 0 Å². The zero-order chi connectivity index (χ0) is 18.1. The molecule has 136 valence electrons. The second kappa shape index (κ2) is 10.0. The van der Waals surface area contributed by atoms with Crippen molar-refractivity contribution in [1.82, 2.24) is 4.90 Å². The van der Waals surface area contributed by atoms with Crippen LogP contribution in [-0.4, -0.2) is 51.0 Å². The molecule has 0 unspecified atom stereocenters. The Labute approximate surface area is 149 Å². The number of aliphatic hydroxyl groups is 1. The van der Waals surface area contributed by atoms with Gasteiger partial charge in [0.2, 0.25) is 0 Å². The Bertz CT molecular complexity index is 633. The summed E-state index contributed by atoms with van der Waals surface area (Å²) in [5.41, 5.74) is 2.02. The van der Waals surface area contributed by atoms with Crippen molar-refractivity contribution in [3.05, 3.63) is 59.7 Å². The van der Waals surface area contributed by atoms with Crippen LogP contribution in [-0.2, 0) is 11.3 Å². The summed E-state index contributed by atoms with van der Waals surface area (Å²) in [7, 11) is 5.26. The van der Waals surface area contributed by atoms with E-state index in [4.69, 9.17) is 14.2 Å². The molecule has 0 amide bonds. The summed E-state index contributed by atoms with van der Waals surface area (Å²) in [6.07, 6.45) is -0.512. The number of methoxy groups -OCH3 is 2. The summed E-state index contributed by atoms with van der Waals surface area (Å²) in [6, 6.07) is 15.6. The minimum absolute atomic E-state index is 0.471. The molecular formula is C20H27NO4. The number of likely N-dealkylation sites (N-methyl/N-ethyl adjacent to an activating group) is 1. The van der Waals surface area contributed by atoms with E-state index in [1.54, 1.807) is 14.2 Å². The molecule has 0 radical (unpaired) electrons. The Morgan fingerprint density at radius 3 is 2.44 bits per heavy atom. The zero-order valence-electron chi connectivity index (χ0n) is 15.1. The van der Waals surface area contributed by atoms with E-state index in [0.717, 1.165) is 11.1 Å². The molecule has 1 N–H and O–H groups in total. The molecule has 2 rings (SSSR count). The fraction of sp³-hybridized carbons (Fsp3) is 0.400. The topological polar surface area (TPSA) is 51.2 Å². The second-order valence-corrected chi connectivity index (χ2v) is 5.95. The predicted octanol–water partition coefficient (Wildman–Crippen LogP) is 2.89. The number of ether oxygens (including phenoxy) is 3. The van der Waals surface area contributed by atoms with E-state index < -0.39 is 6.10 Å². The third-order valence-electron chi connectivity index (χ3n) is 3.89. The maximum atomic E-state index is 10.3. The molecule has 5 nitrogen and oxygen atoms in total. The Hall–Kier alpha value is -2.08. The van der Waals surface area contributed by atoms with Crippen molar-refractivity contribution in [3.8, 4) is 11.5 Å². The van der Waals surface area contributed by atoms with Crippen LogP contribution in [0.4, 0.5) is 0 Å². The molecule has 0 aliphatic carbocycles. The largest absolute Gasteiger partial charge is 0.493 e. The van der Waals surface area contributed by atoms with E-state index in [-0.39, 0.29) is 0 Å². The van der Waals surface area contributed by atoms with Gasteiger partial charge in [0.15, 0.2) is 11.5 Å². The van der Waals surface area contributed by atoms with Gasteiger partial charge in [-0.1, -0.05) is 36.4 Å². The summed E-state index contributed by atoms with van der Waals surface area (Å²) >= 11 is 0. The standard InChI is InChI=1S/C20H27NO4/c1-21(15-18(22)17-7-5-4-6-8-17)14-16-9-10-19(24-3)20(13-16)25-12-11-23-2/h4-10,13,18,22H,11-12,14-15H2,1-3H3/t18-/m1/s1. The molecule has 0 saturated carbocycles. The molecule has 0 heterocycles. The van der Waals surface area contributed by atoms with Crippen molar-refractivity contribution in [2.45, 2.75) is 12.6 Å². The lowest BCUT2D eigenvalue weighted by Crippen LogP contribution is -2.24. The van der Waals surface area contributed by atoms with Crippen LogP contribution in [0.2, 0.25) is 0 Å². The molecular weight excluding hydrogens is 318 g/mol. The number of benzene rings is 2. The minimum atomic E-state index is -0.512. The van der Waals surface area contributed by atoms with E-state index in [0.29, 0.717) is 37.8 Å². The molecule has 0 spiro atoms. The molecule has 1 atom stereocenters. The average molecular weight is 345 g/mol. The molecule has 0 saturated heterocycles. The van der Waals surface area contributed by atoms with Gasteiger partial charge in [0.25, 0.3) is 0 Å². The van der Waals surface area contributed by atoms with Gasteiger partial charge in [0, 0.05) is 20.2 Å². The molecule has 2 aromatic rings.